The average molecular weight is 321 g/mol. The monoisotopic (exact) mass is 320 g/mol. The summed E-state index contributed by atoms with van der Waals surface area (Å²) in [7, 11) is 0. The Bertz CT molecular complexity index is 308. The van der Waals surface area contributed by atoms with E-state index in [1.165, 1.54) is 95.5 Å². The Balaban J connectivity index is 3.60. The molecule has 0 aliphatic rings. The van der Waals surface area contributed by atoms with Crippen LogP contribution in [-0.4, -0.2) is 0 Å². The van der Waals surface area contributed by atoms with Gasteiger partial charge in [-0.05, 0) is 39.0 Å². The van der Waals surface area contributed by atoms with Crippen LogP contribution in [0.4, 0.5) is 0 Å². The molecular formula is C23H44. The van der Waals surface area contributed by atoms with Crippen LogP contribution in [0.25, 0.3) is 0 Å². The van der Waals surface area contributed by atoms with Gasteiger partial charge in [0.25, 0.3) is 0 Å². The Morgan fingerprint density at radius 2 is 1.17 bits per heavy atom. The molecule has 0 atom stereocenters. The molecular weight excluding hydrogens is 276 g/mol. The van der Waals surface area contributed by atoms with Gasteiger partial charge in [0.2, 0.25) is 0 Å². The normalized spacial score (nSPS) is 12.3. The lowest BCUT2D eigenvalue weighted by Gasteiger charge is -2.12. The lowest BCUT2D eigenvalue weighted by atomic mass is 9.95. The molecule has 0 aliphatic carbocycles. The van der Waals surface area contributed by atoms with E-state index in [0.29, 0.717) is 0 Å². The summed E-state index contributed by atoms with van der Waals surface area (Å²) in [6, 6.07) is 0. The van der Waals surface area contributed by atoms with E-state index in [1.807, 2.05) is 0 Å². The zero-order valence-electron chi connectivity index (χ0n) is 16.8. The molecule has 0 bridgehead atoms. The molecule has 0 N–H and O–H groups in total. The Labute approximate surface area is 147 Å². The molecule has 23 heavy (non-hydrogen) atoms. The predicted octanol–water partition coefficient (Wildman–Crippen LogP) is 8.77. The third kappa shape index (κ3) is 13.6. The summed E-state index contributed by atoms with van der Waals surface area (Å²) in [4.78, 5) is 0. The van der Waals surface area contributed by atoms with Crippen LogP contribution in [0.2, 0.25) is 0 Å². The Hall–Kier alpha value is -0.520. The maximum Gasteiger partial charge on any atom is -0.0111 e. The molecule has 0 saturated heterocycles. The zero-order chi connectivity index (χ0) is 17.3. The SMILES string of the molecule is C=C(CCCCCCCCCCCC)C/C(C)=C(/CC)CCC. The maximum atomic E-state index is 4.31. The van der Waals surface area contributed by atoms with Gasteiger partial charge in [-0.2, -0.15) is 0 Å². The molecule has 0 aliphatic heterocycles. The van der Waals surface area contributed by atoms with Gasteiger partial charge < -0.3 is 0 Å². The molecule has 0 rings (SSSR count). The highest BCUT2D eigenvalue weighted by atomic mass is 14.1. The second kappa shape index (κ2) is 16.3. The molecule has 0 aromatic carbocycles. The van der Waals surface area contributed by atoms with Crippen molar-refractivity contribution in [2.45, 2.75) is 124 Å². The van der Waals surface area contributed by atoms with Gasteiger partial charge in [-0.25, -0.2) is 0 Å². The molecule has 0 heteroatoms. The van der Waals surface area contributed by atoms with E-state index in [-0.39, 0.29) is 0 Å². The number of unbranched alkanes of at least 4 members (excludes halogenated alkanes) is 9. The smallest absolute Gasteiger partial charge is 0.0111 e. The van der Waals surface area contributed by atoms with Crippen LogP contribution in [0.15, 0.2) is 23.3 Å². The van der Waals surface area contributed by atoms with E-state index in [1.54, 1.807) is 11.1 Å². The molecule has 0 saturated carbocycles. The summed E-state index contributed by atoms with van der Waals surface area (Å²) in [5.74, 6) is 0. The van der Waals surface area contributed by atoms with Crippen LogP contribution in [0.3, 0.4) is 0 Å². The van der Waals surface area contributed by atoms with E-state index < -0.39 is 0 Å². The first kappa shape index (κ1) is 22.5. The largest absolute Gasteiger partial charge is 0.0995 e. The molecule has 0 spiro atoms. The number of allylic oxidation sites excluding steroid dienone is 3. The fourth-order valence-corrected chi connectivity index (χ4v) is 3.44. The van der Waals surface area contributed by atoms with E-state index in [2.05, 4.69) is 34.3 Å². The van der Waals surface area contributed by atoms with Gasteiger partial charge >= 0.3 is 0 Å². The fourth-order valence-electron chi connectivity index (χ4n) is 3.44. The second-order valence-electron chi connectivity index (χ2n) is 7.35. The van der Waals surface area contributed by atoms with Crippen LogP contribution in [0.5, 0.6) is 0 Å². The summed E-state index contributed by atoms with van der Waals surface area (Å²) >= 11 is 0. The van der Waals surface area contributed by atoms with Gasteiger partial charge in [-0.15, -0.1) is 0 Å². The predicted molar refractivity (Wildman–Crippen MR) is 108 cm³/mol. The Morgan fingerprint density at radius 1 is 0.652 bits per heavy atom. The van der Waals surface area contributed by atoms with Gasteiger partial charge in [0, 0.05) is 0 Å². The first-order valence-electron chi connectivity index (χ1n) is 10.5. The highest BCUT2D eigenvalue weighted by molar-refractivity contribution is 5.18. The van der Waals surface area contributed by atoms with Crippen molar-refractivity contribution in [2.24, 2.45) is 0 Å². The third-order valence-electron chi connectivity index (χ3n) is 4.98. The fraction of sp³-hybridized carbons (Fsp3) is 0.826. The summed E-state index contributed by atoms with van der Waals surface area (Å²) in [6.07, 6.45) is 20.3. The molecule has 0 fully saturated rings. The maximum absolute atomic E-state index is 4.31. The molecule has 0 unspecified atom stereocenters. The minimum Gasteiger partial charge on any atom is -0.0995 e. The van der Waals surface area contributed by atoms with Crippen LogP contribution < -0.4 is 0 Å². The van der Waals surface area contributed by atoms with E-state index in [0.717, 1.165) is 6.42 Å². The third-order valence-corrected chi connectivity index (χ3v) is 4.98. The van der Waals surface area contributed by atoms with Crippen LogP contribution >= 0.6 is 0 Å². The minimum absolute atomic E-state index is 1.14. The Kier molecular flexibility index (Phi) is 16.0. The summed E-state index contributed by atoms with van der Waals surface area (Å²) in [5.41, 5.74) is 4.70. The zero-order valence-corrected chi connectivity index (χ0v) is 16.8. The van der Waals surface area contributed by atoms with Crippen LogP contribution in [0.1, 0.15) is 124 Å². The number of hydrogen-bond donors (Lipinski definition) is 0. The average Bonchev–Trinajstić information content (AvgIpc) is 2.54. The van der Waals surface area contributed by atoms with Crippen molar-refractivity contribution in [3.05, 3.63) is 23.3 Å². The lowest BCUT2D eigenvalue weighted by Crippen LogP contribution is -1.91. The van der Waals surface area contributed by atoms with Gasteiger partial charge in [0.1, 0.15) is 0 Å². The molecule has 0 aromatic rings. The first-order chi connectivity index (χ1) is 11.2. The van der Waals surface area contributed by atoms with Gasteiger partial charge in [0.05, 0.1) is 0 Å². The minimum atomic E-state index is 1.14. The first-order valence-corrected chi connectivity index (χ1v) is 10.5. The van der Waals surface area contributed by atoms with Crippen LogP contribution in [-0.2, 0) is 0 Å². The van der Waals surface area contributed by atoms with Crippen molar-refractivity contribution in [1.82, 2.24) is 0 Å². The van der Waals surface area contributed by atoms with Gasteiger partial charge in [0.15, 0.2) is 0 Å². The van der Waals surface area contributed by atoms with Gasteiger partial charge in [-0.1, -0.05) is 108 Å². The molecule has 0 heterocycles. The highest BCUT2D eigenvalue weighted by Gasteiger charge is 2.03. The molecule has 136 valence electrons. The lowest BCUT2D eigenvalue weighted by molar-refractivity contribution is 0.555. The van der Waals surface area contributed by atoms with E-state index in [9.17, 15) is 0 Å². The Morgan fingerprint density at radius 3 is 1.65 bits per heavy atom. The van der Waals surface area contributed by atoms with Crippen molar-refractivity contribution < 1.29 is 0 Å². The van der Waals surface area contributed by atoms with E-state index >= 15 is 0 Å². The van der Waals surface area contributed by atoms with E-state index in [4.69, 9.17) is 0 Å². The molecule has 0 aromatic heterocycles. The molecule has 0 nitrogen and oxygen atoms in total. The summed E-state index contributed by atoms with van der Waals surface area (Å²) in [5, 5.41) is 0. The highest BCUT2D eigenvalue weighted by Crippen LogP contribution is 2.23. The van der Waals surface area contributed by atoms with Crippen molar-refractivity contribution in [2.75, 3.05) is 0 Å². The second-order valence-corrected chi connectivity index (χ2v) is 7.35. The van der Waals surface area contributed by atoms with Crippen molar-refractivity contribution >= 4 is 0 Å². The number of hydrogen-bond acceptors (Lipinski definition) is 0. The summed E-state index contributed by atoms with van der Waals surface area (Å²) < 4.78 is 0. The number of rotatable bonds is 16. The van der Waals surface area contributed by atoms with Crippen molar-refractivity contribution in [3.63, 3.8) is 0 Å². The van der Waals surface area contributed by atoms with Gasteiger partial charge in [-0.3, -0.25) is 0 Å². The van der Waals surface area contributed by atoms with Crippen LogP contribution in [0, 0.1) is 0 Å². The molecule has 0 amide bonds. The van der Waals surface area contributed by atoms with Crippen molar-refractivity contribution in [3.8, 4) is 0 Å². The van der Waals surface area contributed by atoms with Crippen molar-refractivity contribution in [1.29, 1.82) is 0 Å². The summed E-state index contributed by atoms with van der Waals surface area (Å²) in [6.45, 7) is 13.5. The quantitative estimate of drug-likeness (QED) is 0.197. The molecule has 0 radical (unpaired) electrons. The topological polar surface area (TPSA) is 0 Å². The standard InChI is InChI=1S/C23H44/c1-6-9-10-11-12-13-14-15-16-17-19-21(4)20-22(5)23(8-3)18-7-2/h4,6-20H2,1-3,5H3/b23-22-.